The molecule has 8 aromatic carbocycles. The summed E-state index contributed by atoms with van der Waals surface area (Å²) in [5.41, 5.74) is 14.0. The van der Waals surface area contributed by atoms with E-state index in [1.165, 1.54) is 105 Å². The van der Waals surface area contributed by atoms with E-state index in [0.717, 1.165) is 12.1 Å². The molecule has 274 valence electrons. The van der Waals surface area contributed by atoms with Gasteiger partial charge in [-0.2, -0.15) is 0 Å². The number of hydrogen-bond acceptors (Lipinski definition) is 0. The van der Waals surface area contributed by atoms with Gasteiger partial charge in [-0.25, -0.2) is 0 Å². The molecule has 1 aliphatic rings. The van der Waals surface area contributed by atoms with E-state index < -0.39 is 0 Å². The summed E-state index contributed by atoms with van der Waals surface area (Å²) in [6.07, 6.45) is 2.34. The molecular formula is C54H43N3. The SMILES string of the molecule is CC1(C)CCC(C)(C)c2cc3c(cc21)c1c2ccccc2c2c4ccccc4n(-c4ccccc4)c2c1n3-c1ccc2c3ccccc3n(-c3ccccc3)c2c1. The topological polar surface area (TPSA) is 14.8 Å². The lowest BCUT2D eigenvalue weighted by atomic mass is 9.63. The summed E-state index contributed by atoms with van der Waals surface area (Å²) < 4.78 is 7.60. The van der Waals surface area contributed by atoms with E-state index in [2.05, 4.69) is 205 Å². The lowest BCUT2D eigenvalue weighted by Gasteiger charge is -2.42. The summed E-state index contributed by atoms with van der Waals surface area (Å²) in [7, 11) is 0. The number of rotatable bonds is 3. The molecule has 0 saturated carbocycles. The lowest BCUT2D eigenvalue weighted by molar-refractivity contribution is 0.332. The molecule has 1 aliphatic carbocycles. The molecule has 0 bridgehead atoms. The van der Waals surface area contributed by atoms with E-state index in [1.54, 1.807) is 0 Å². The van der Waals surface area contributed by atoms with Gasteiger partial charge in [0.25, 0.3) is 0 Å². The second-order valence-corrected chi connectivity index (χ2v) is 17.6. The summed E-state index contributed by atoms with van der Waals surface area (Å²) in [4.78, 5) is 0. The standard InChI is InChI=1S/C54H43N3/c1-53(2)29-30-54(3,4)44-33-48-42(32-43(44)53)50-40-23-12-11-22-39(40)49-41-24-14-16-26-46(41)56(35-19-9-6-10-20-35)51(49)52(50)57(48)36-27-28-38-37-21-13-15-25-45(37)55(47(38)31-36)34-17-7-5-8-18-34/h5-28,31-33H,29-30H2,1-4H3. The van der Waals surface area contributed by atoms with Crippen LogP contribution in [-0.2, 0) is 10.8 Å². The zero-order valence-corrected chi connectivity index (χ0v) is 32.8. The summed E-state index contributed by atoms with van der Waals surface area (Å²) >= 11 is 0. The Hall–Kier alpha value is -6.58. The smallest absolute Gasteiger partial charge is 0.0795 e. The van der Waals surface area contributed by atoms with Crippen molar-refractivity contribution >= 4 is 76.2 Å². The Morgan fingerprint density at radius 1 is 0.333 bits per heavy atom. The predicted octanol–water partition coefficient (Wildman–Crippen LogP) is 14.5. The fourth-order valence-electron chi connectivity index (χ4n) is 10.6. The average molecular weight is 734 g/mol. The highest BCUT2D eigenvalue weighted by Crippen LogP contribution is 2.52. The number of para-hydroxylation sites is 4. The van der Waals surface area contributed by atoms with E-state index in [-0.39, 0.29) is 10.8 Å². The van der Waals surface area contributed by atoms with E-state index in [9.17, 15) is 0 Å². The van der Waals surface area contributed by atoms with Crippen LogP contribution in [0.15, 0.2) is 164 Å². The third kappa shape index (κ3) is 4.43. The van der Waals surface area contributed by atoms with Gasteiger partial charge >= 0.3 is 0 Å². The quantitative estimate of drug-likeness (QED) is 0.172. The largest absolute Gasteiger partial charge is 0.309 e. The molecular weight excluding hydrogens is 691 g/mol. The van der Waals surface area contributed by atoms with E-state index in [0.29, 0.717) is 0 Å². The zero-order valence-electron chi connectivity index (χ0n) is 32.8. The van der Waals surface area contributed by atoms with Crippen LogP contribution in [0.3, 0.4) is 0 Å². The minimum absolute atomic E-state index is 0.0559. The average Bonchev–Trinajstić information content (AvgIpc) is 3.88. The van der Waals surface area contributed by atoms with Gasteiger partial charge in [-0.3, -0.25) is 0 Å². The second-order valence-electron chi connectivity index (χ2n) is 17.6. The van der Waals surface area contributed by atoms with E-state index >= 15 is 0 Å². The molecule has 3 heterocycles. The number of fused-ring (bicyclic) bond motifs is 14. The molecule has 3 aromatic heterocycles. The van der Waals surface area contributed by atoms with Crippen LogP contribution in [0.4, 0.5) is 0 Å². The minimum Gasteiger partial charge on any atom is -0.309 e. The van der Waals surface area contributed by atoms with Crippen molar-refractivity contribution < 1.29 is 0 Å². The third-order valence-electron chi connectivity index (χ3n) is 13.4. The Balaban J connectivity index is 1.35. The highest BCUT2D eigenvalue weighted by molar-refractivity contribution is 6.36. The van der Waals surface area contributed by atoms with Gasteiger partial charge in [0, 0.05) is 49.4 Å². The van der Waals surface area contributed by atoms with Crippen LogP contribution in [0.25, 0.3) is 93.3 Å². The summed E-state index contributed by atoms with van der Waals surface area (Å²) in [6, 6.07) is 61.1. The van der Waals surface area contributed by atoms with Gasteiger partial charge in [0.05, 0.1) is 33.1 Å². The molecule has 0 atom stereocenters. The Bertz CT molecular complexity index is 3440. The van der Waals surface area contributed by atoms with Gasteiger partial charge in [-0.15, -0.1) is 0 Å². The summed E-state index contributed by atoms with van der Waals surface area (Å²) in [5.74, 6) is 0. The van der Waals surface area contributed by atoms with Crippen LogP contribution < -0.4 is 0 Å². The molecule has 0 N–H and O–H groups in total. The first-order valence-electron chi connectivity index (χ1n) is 20.4. The van der Waals surface area contributed by atoms with Crippen molar-refractivity contribution in [1.29, 1.82) is 0 Å². The Morgan fingerprint density at radius 2 is 0.772 bits per heavy atom. The minimum atomic E-state index is 0.0559. The van der Waals surface area contributed by atoms with Crippen molar-refractivity contribution in [3.05, 3.63) is 175 Å². The van der Waals surface area contributed by atoms with Crippen molar-refractivity contribution in [2.45, 2.75) is 51.4 Å². The highest BCUT2D eigenvalue weighted by Gasteiger charge is 2.38. The van der Waals surface area contributed by atoms with Crippen molar-refractivity contribution in [2.24, 2.45) is 0 Å². The first-order chi connectivity index (χ1) is 27.8. The normalized spacial score (nSPS) is 15.2. The maximum Gasteiger partial charge on any atom is 0.0795 e. The fourth-order valence-corrected chi connectivity index (χ4v) is 10.6. The van der Waals surface area contributed by atoms with E-state index in [4.69, 9.17) is 0 Å². The van der Waals surface area contributed by atoms with Gasteiger partial charge in [0.1, 0.15) is 0 Å². The van der Waals surface area contributed by atoms with Crippen molar-refractivity contribution in [2.75, 3.05) is 0 Å². The second kappa shape index (κ2) is 11.5. The summed E-state index contributed by atoms with van der Waals surface area (Å²) in [6.45, 7) is 9.80. The molecule has 0 fully saturated rings. The molecule has 0 unspecified atom stereocenters. The van der Waals surface area contributed by atoms with Crippen molar-refractivity contribution in [1.82, 2.24) is 13.7 Å². The number of hydrogen-bond donors (Lipinski definition) is 0. The number of aromatic nitrogens is 3. The van der Waals surface area contributed by atoms with Crippen LogP contribution in [0, 0.1) is 0 Å². The molecule has 0 radical (unpaired) electrons. The maximum absolute atomic E-state index is 2.63. The van der Waals surface area contributed by atoms with Gasteiger partial charge < -0.3 is 13.7 Å². The molecule has 3 heteroatoms. The van der Waals surface area contributed by atoms with Gasteiger partial charge in [-0.05, 0) is 106 Å². The summed E-state index contributed by atoms with van der Waals surface area (Å²) in [5, 5.41) is 10.3. The maximum atomic E-state index is 2.63. The molecule has 3 nitrogen and oxygen atoms in total. The molecule has 11 aromatic rings. The van der Waals surface area contributed by atoms with Crippen LogP contribution in [0.2, 0.25) is 0 Å². The van der Waals surface area contributed by atoms with Crippen LogP contribution >= 0.6 is 0 Å². The van der Waals surface area contributed by atoms with Crippen LogP contribution in [0.1, 0.15) is 51.7 Å². The van der Waals surface area contributed by atoms with Gasteiger partial charge in [0.2, 0.25) is 0 Å². The molecule has 12 rings (SSSR count). The molecule has 0 aliphatic heterocycles. The fraction of sp³-hybridized carbons (Fsp3) is 0.148. The third-order valence-corrected chi connectivity index (χ3v) is 13.4. The number of nitrogens with zero attached hydrogens (tertiary/aromatic N) is 3. The lowest BCUT2D eigenvalue weighted by Crippen LogP contribution is -2.33. The van der Waals surface area contributed by atoms with Crippen molar-refractivity contribution in [3.8, 4) is 17.1 Å². The zero-order chi connectivity index (χ0) is 38.2. The Kier molecular flexibility index (Phi) is 6.58. The van der Waals surface area contributed by atoms with E-state index in [1.807, 2.05) is 0 Å². The van der Waals surface area contributed by atoms with Gasteiger partial charge in [0.15, 0.2) is 0 Å². The molecule has 0 saturated heterocycles. The first-order valence-corrected chi connectivity index (χ1v) is 20.4. The van der Waals surface area contributed by atoms with Crippen molar-refractivity contribution in [3.63, 3.8) is 0 Å². The predicted molar refractivity (Wildman–Crippen MR) is 242 cm³/mol. The van der Waals surface area contributed by atoms with Crippen LogP contribution in [0.5, 0.6) is 0 Å². The Labute approximate surface area is 332 Å². The monoisotopic (exact) mass is 733 g/mol. The molecule has 0 amide bonds. The molecule has 57 heavy (non-hydrogen) atoms. The first kappa shape index (κ1) is 32.6. The highest BCUT2D eigenvalue weighted by atomic mass is 15.1. The van der Waals surface area contributed by atoms with Crippen LogP contribution in [-0.4, -0.2) is 13.7 Å². The molecule has 0 spiro atoms. The Morgan fingerprint density at radius 3 is 1.40 bits per heavy atom. The van der Waals surface area contributed by atoms with Gasteiger partial charge in [-0.1, -0.05) is 131 Å². The number of benzene rings is 8.